The Kier molecular flexibility index (Phi) is 1.38. The van der Waals surface area contributed by atoms with Crippen LogP contribution in [-0.2, 0) is 0 Å². The number of hydrogen-bond donors (Lipinski definition) is 2. The first-order chi connectivity index (χ1) is 5.34. The second-order valence-electron chi connectivity index (χ2n) is 2.70. The van der Waals surface area contributed by atoms with Crippen molar-refractivity contribution in [2.75, 3.05) is 5.32 Å². The van der Waals surface area contributed by atoms with Gasteiger partial charge < -0.3 is 5.32 Å². The maximum Gasteiger partial charge on any atom is 0.252 e. The summed E-state index contributed by atoms with van der Waals surface area (Å²) in [6.07, 6.45) is 3.86. The lowest BCUT2D eigenvalue weighted by atomic mass is 10.6. The molecule has 1 aliphatic carbocycles. The lowest BCUT2D eigenvalue weighted by Gasteiger charge is -1.99. The van der Waals surface area contributed by atoms with Crippen molar-refractivity contribution in [2.24, 2.45) is 0 Å². The van der Waals surface area contributed by atoms with Gasteiger partial charge in [-0.15, -0.1) is 0 Å². The highest BCUT2D eigenvalue weighted by atomic mass is 16.1. The molecule has 4 nitrogen and oxygen atoms in total. The third kappa shape index (κ3) is 1.58. The van der Waals surface area contributed by atoms with Gasteiger partial charge in [0.25, 0.3) is 5.56 Å². The van der Waals surface area contributed by atoms with Gasteiger partial charge in [-0.3, -0.25) is 9.78 Å². The lowest BCUT2D eigenvalue weighted by molar-refractivity contribution is 1.03. The van der Waals surface area contributed by atoms with Crippen LogP contribution in [0.4, 0.5) is 5.95 Å². The molecule has 1 aromatic rings. The van der Waals surface area contributed by atoms with E-state index in [9.17, 15) is 4.79 Å². The molecule has 0 aliphatic heterocycles. The monoisotopic (exact) mass is 151 g/mol. The molecule has 11 heavy (non-hydrogen) atoms. The normalized spacial score (nSPS) is 16.4. The van der Waals surface area contributed by atoms with E-state index in [0.717, 1.165) is 0 Å². The fourth-order valence-corrected chi connectivity index (χ4v) is 0.865. The number of H-pyrrole nitrogens is 1. The molecule has 0 amide bonds. The molecule has 0 aromatic carbocycles. The van der Waals surface area contributed by atoms with E-state index in [1.807, 2.05) is 0 Å². The SMILES string of the molecule is O=c1ccnc(NC2CC2)[nH]1. The lowest BCUT2D eigenvalue weighted by Crippen LogP contribution is -2.11. The first kappa shape index (κ1) is 6.39. The van der Waals surface area contributed by atoms with E-state index in [4.69, 9.17) is 0 Å². The Morgan fingerprint density at radius 3 is 3.09 bits per heavy atom. The van der Waals surface area contributed by atoms with Crippen LogP contribution in [0.25, 0.3) is 0 Å². The molecule has 0 saturated heterocycles. The number of anilines is 1. The van der Waals surface area contributed by atoms with Gasteiger partial charge >= 0.3 is 0 Å². The van der Waals surface area contributed by atoms with Crippen LogP contribution < -0.4 is 10.9 Å². The van der Waals surface area contributed by atoms with Gasteiger partial charge in [0, 0.05) is 18.3 Å². The summed E-state index contributed by atoms with van der Waals surface area (Å²) >= 11 is 0. The highest BCUT2D eigenvalue weighted by Crippen LogP contribution is 2.21. The van der Waals surface area contributed by atoms with Gasteiger partial charge in [-0.1, -0.05) is 0 Å². The van der Waals surface area contributed by atoms with Crippen LogP contribution in [0.1, 0.15) is 12.8 Å². The maximum atomic E-state index is 10.8. The zero-order valence-electron chi connectivity index (χ0n) is 6.00. The summed E-state index contributed by atoms with van der Waals surface area (Å²) in [4.78, 5) is 17.3. The topological polar surface area (TPSA) is 57.8 Å². The molecule has 58 valence electrons. The summed E-state index contributed by atoms with van der Waals surface area (Å²) in [7, 11) is 0. The van der Waals surface area contributed by atoms with E-state index in [1.54, 1.807) is 0 Å². The Balaban J connectivity index is 2.16. The molecule has 0 bridgehead atoms. The van der Waals surface area contributed by atoms with Crippen LogP contribution in [0, 0.1) is 0 Å². The smallest absolute Gasteiger partial charge is 0.252 e. The molecule has 1 aromatic heterocycles. The van der Waals surface area contributed by atoms with Gasteiger partial charge in [0.15, 0.2) is 0 Å². The van der Waals surface area contributed by atoms with Crippen molar-refractivity contribution in [3.05, 3.63) is 22.6 Å². The van der Waals surface area contributed by atoms with Crippen molar-refractivity contribution < 1.29 is 0 Å². The number of aromatic amines is 1. The molecule has 0 spiro atoms. The number of nitrogens with one attached hydrogen (secondary N) is 2. The molecule has 0 radical (unpaired) electrons. The Hall–Kier alpha value is -1.32. The molecule has 1 heterocycles. The molecular formula is C7H9N3O. The summed E-state index contributed by atoms with van der Waals surface area (Å²) in [6, 6.07) is 1.93. The van der Waals surface area contributed by atoms with Crippen LogP contribution >= 0.6 is 0 Å². The Bertz CT molecular complexity index is 303. The fourth-order valence-electron chi connectivity index (χ4n) is 0.865. The van der Waals surface area contributed by atoms with Crippen LogP contribution in [0.5, 0.6) is 0 Å². The molecule has 0 unspecified atom stereocenters. The Morgan fingerprint density at radius 2 is 2.45 bits per heavy atom. The van der Waals surface area contributed by atoms with Crippen LogP contribution in [-0.4, -0.2) is 16.0 Å². The molecule has 2 N–H and O–H groups in total. The molecule has 4 heteroatoms. The van der Waals surface area contributed by atoms with Crippen molar-refractivity contribution in [1.29, 1.82) is 0 Å². The van der Waals surface area contributed by atoms with E-state index in [2.05, 4.69) is 15.3 Å². The molecule has 2 rings (SSSR count). The third-order valence-electron chi connectivity index (χ3n) is 1.59. The highest BCUT2D eigenvalue weighted by molar-refractivity contribution is 5.26. The van der Waals surface area contributed by atoms with Crippen LogP contribution in [0.3, 0.4) is 0 Å². The average Bonchev–Trinajstić information content (AvgIpc) is 2.71. The van der Waals surface area contributed by atoms with E-state index >= 15 is 0 Å². The van der Waals surface area contributed by atoms with E-state index in [-0.39, 0.29) is 5.56 Å². The molecule has 0 atom stereocenters. The predicted octanol–water partition coefficient (Wildman–Crippen LogP) is 0.344. The van der Waals surface area contributed by atoms with Gasteiger partial charge in [0.1, 0.15) is 0 Å². The van der Waals surface area contributed by atoms with Gasteiger partial charge in [0.05, 0.1) is 0 Å². The minimum Gasteiger partial charge on any atom is -0.353 e. The molecular weight excluding hydrogens is 142 g/mol. The van der Waals surface area contributed by atoms with E-state index in [0.29, 0.717) is 12.0 Å². The van der Waals surface area contributed by atoms with Gasteiger partial charge in [0.2, 0.25) is 5.95 Å². The fraction of sp³-hybridized carbons (Fsp3) is 0.429. The summed E-state index contributed by atoms with van der Waals surface area (Å²) in [5.41, 5.74) is -0.108. The van der Waals surface area contributed by atoms with E-state index in [1.165, 1.54) is 25.1 Å². The quantitative estimate of drug-likeness (QED) is 0.641. The third-order valence-corrected chi connectivity index (χ3v) is 1.59. The molecule has 1 aliphatic rings. The minimum absolute atomic E-state index is 0.108. The summed E-state index contributed by atoms with van der Waals surface area (Å²) in [5, 5.41) is 3.09. The first-order valence-electron chi connectivity index (χ1n) is 3.66. The zero-order valence-corrected chi connectivity index (χ0v) is 6.00. The predicted molar refractivity (Wildman–Crippen MR) is 41.5 cm³/mol. The minimum atomic E-state index is -0.108. The number of aromatic nitrogens is 2. The van der Waals surface area contributed by atoms with Gasteiger partial charge in [-0.2, -0.15) is 0 Å². The summed E-state index contributed by atoms with van der Waals surface area (Å²) in [6.45, 7) is 0. The Morgan fingerprint density at radius 1 is 1.64 bits per heavy atom. The van der Waals surface area contributed by atoms with Crippen LogP contribution in [0.2, 0.25) is 0 Å². The second-order valence-corrected chi connectivity index (χ2v) is 2.70. The Labute approximate surface area is 63.7 Å². The van der Waals surface area contributed by atoms with Gasteiger partial charge in [-0.25, -0.2) is 4.98 Å². The summed E-state index contributed by atoms with van der Waals surface area (Å²) in [5.74, 6) is 0.583. The zero-order chi connectivity index (χ0) is 7.68. The van der Waals surface area contributed by atoms with Crippen molar-refractivity contribution in [1.82, 2.24) is 9.97 Å². The van der Waals surface area contributed by atoms with Crippen molar-refractivity contribution in [3.8, 4) is 0 Å². The average molecular weight is 151 g/mol. The van der Waals surface area contributed by atoms with Gasteiger partial charge in [-0.05, 0) is 12.8 Å². The number of rotatable bonds is 2. The molecule has 1 saturated carbocycles. The highest BCUT2D eigenvalue weighted by Gasteiger charge is 2.21. The largest absolute Gasteiger partial charge is 0.353 e. The van der Waals surface area contributed by atoms with Crippen molar-refractivity contribution in [3.63, 3.8) is 0 Å². The van der Waals surface area contributed by atoms with E-state index < -0.39 is 0 Å². The first-order valence-corrected chi connectivity index (χ1v) is 3.66. The van der Waals surface area contributed by atoms with Crippen LogP contribution in [0.15, 0.2) is 17.1 Å². The maximum absolute atomic E-state index is 10.8. The molecule has 1 fully saturated rings. The van der Waals surface area contributed by atoms with Crippen molar-refractivity contribution in [2.45, 2.75) is 18.9 Å². The number of hydrogen-bond acceptors (Lipinski definition) is 3. The standard InChI is InChI=1S/C7H9N3O/c11-6-3-4-8-7(10-6)9-5-1-2-5/h3-5H,1-2H2,(H2,8,9,10,11). The second kappa shape index (κ2) is 2.38. The van der Waals surface area contributed by atoms with Crippen molar-refractivity contribution >= 4 is 5.95 Å². The summed E-state index contributed by atoms with van der Waals surface area (Å²) < 4.78 is 0. The number of nitrogens with zero attached hydrogens (tertiary/aromatic N) is 1.